The molecule has 0 aliphatic carbocycles. The van der Waals surface area contributed by atoms with Gasteiger partial charge in [0.25, 0.3) is 11.8 Å². The van der Waals surface area contributed by atoms with Crippen molar-refractivity contribution in [3.05, 3.63) is 36.0 Å². The summed E-state index contributed by atoms with van der Waals surface area (Å²) < 4.78 is 26.7. The van der Waals surface area contributed by atoms with Crippen LogP contribution in [0.25, 0.3) is 10.9 Å². The Kier molecular flexibility index (Phi) is 7.57. The van der Waals surface area contributed by atoms with Gasteiger partial charge < -0.3 is 25.3 Å². The highest BCUT2D eigenvalue weighted by atomic mass is 19.3. The molecule has 0 spiro atoms. The predicted molar refractivity (Wildman–Crippen MR) is 127 cm³/mol. The van der Waals surface area contributed by atoms with Crippen molar-refractivity contribution in [2.45, 2.75) is 18.8 Å². The topological polar surface area (TPSA) is 80.8 Å². The molecule has 0 radical (unpaired) electrons. The van der Waals surface area contributed by atoms with Crippen LogP contribution in [0.2, 0.25) is 0 Å². The van der Waals surface area contributed by atoms with Crippen LogP contribution in [0, 0.1) is 0 Å². The van der Waals surface area contributed by atoms with Crippen LogP contribution < -0.4 is 15.5 Å². The van der Waals surface area contributed by atoms with Gasteiger partial charge in [0.2, 0.25) is 5.91 Å². The zero-order valence-corrected chi connectivity index (χ0v) is 19.5. The van der Waals surface area contributed by atoms with E-state index in [1.165, 1.54) is 0 Å². The fraction of sp³-hybridized carbons (Fsp3) is 0.542. The van der Waals surface area contributed by atoms with Crippen LogP contribution in [-0.4, -0.2) is 98.5 Å². The SMILES string of the molecule is CN(CCCN1CCNCC1)c1ccc2nccc(C(=O)NCC(=O)N3CCC(F)(F)C3)c2c1. The summed E-state index contributed by atoms with van der Waals surface area (Å²) in [4.78, 5) is 35.2. The lowest BCUT2D eigenvalue weighted by atomic mass is 10.1. The number of alkyl halides is 2. The van der Waals surface area contributed by atoms with Crippen molar-refractivity contribution < 1.29 is 18.4 Å². The number of carbonyl (C=O) groups is 2. The van der Waals surface area contributed by atoms with Crippen molar-refractivity contribution >= 4 is 28.4 Å². The van der Waals surface area contributed by atoms with E-state index in [1.54, 1.807) is 12.3 Å². The smallest absolute Gasteiger partial charge is 0.267 e. The lowest BCUT2D eigenvalue weighted by Gasteiger charge is -2.28. The highest BCUT2D eigenvalue weighted by Gasteiger charge is 2.40. The monoisotopic (exact) mass is 474 g/mol. The summed E-state index contributed by atoms with van der Waals surface area (Å²) >= 11 is 0. The first-order chi connectivity index (χ1) is 16.3. The van der Waals surface area contributed by atoms with Gasteiger partial charge in [-0.25, -0.2) is 8.78 Å². The number of benzene rings is 1. The standard InChI is InChI=1S/C24H32F2N6O2/c1-30(10-2-11-31-13-8-27-9-14-31)18-3-4-21-20(15-18)19(5-7-28-21)23(34)29-16-22(33)32-12-6-24(25,26)17-32/h3-5,7,15,27H,2,6,8-14,16-17H2,1H3,(H,29,34). The molecule has 1 aromatic heterocycles. The molecule has 0 atom stereocenters. The number of nitrogens with one attached hydrogen (secondary N) is 2. The zero-order chi connectivity index (χ0) is 24.1. The maximum absolute atomic E-state index is 13.4. The van der Waals surface area contributed by atoms with Crippen LogP contribution in [0.15, 0.2) is 30.5 Å². The van der Waals surface area contributed by atoms with Crippen molar-refractivity contribution in [3.63, 3.8) is 0 Å². The molecule has 3 heterocycles. The number of fused-ring (bicyclic) bond motifs is 1. The molecule has 2 saturated heterocycles. The quantitative estimate of drug-likeness (QED) is 0.605. The molecule has 2 aliphatic heterocycles. The van der Waals surface area contributed by atoms with Crippen LogP contribution in [0.3, 0.4) is 0 Å². The minimum atomic E-state index is -2.85. The van der Waals surface area contributed by atoms with E-state index in [1.807, 2.05) is 25.2 Å². The highest BCUT2D eigenvalue weighted by molar-refractivity contribution is 6.07. The van der Waals surface area contributed by atoms with Gasteiger partial charge in [-0.1, -0.05) is 0 Å². The zero-order valence-electron chi connectivity index (χ0n) is 19.5. The molecule has 10 heteroatoms. The number of pyridine rings is 1. The summed E-state index contributed by atoms with van der Waals surface area (Å²) in [7, 11) is 2.03. The average Bonchev–Trinajstić information content (AvgIpc) is 3.21. The number of nitrogens with zero attached hydrogens (tertiary/aromatic N) is 4. The lowest BCUT2D eigenvalue weighted by Crippen LogP contribution is -2.44. The van der Waals surface area contributed by atoms with Crippen LogP contribution in [0.5, 0.6) is 0 Å². The van der Waals surface area contributed by atoms with E-state index in [0.717, 1.165) is 56.3 Å². The molecule has 34 heavy (non-hydrogen) atoms. The molecule has 2 amide bonds. The third-order valence-corrected chi connectivity index (χ3v) is 6.51. The van der Waals surface area contributed by atoms with Crippen LogP contribution in [-0.2, 0) is 4.79 Å². The largest absolute Gasteiger partial charge is 0.375 e. The summed E-state index contributed by atoms with van der Waals surface area (Å²) in [6.45, 7) is 5.25. The van der Waals surface area contributed by atoms with E-state index in [2.05, 4.69) is 25.4 Å². The van der Waals surface area contributed by atoms with Crippen molar-refractivity contribution in [3.8, 4) is 0 Å². The van der Waals surface area contributed by atoms with Gasteiger partial charge >= 0.3 is 0 Å². The number of aromatic nitrogens is 1. The fourth-order valence-electron chi connectivity index (χ4n) is 4.48. The van der Waals surface area contributed by atoms with Gasteiger partial charge in [0.15, 0.2) is 0 Å². The fourth-order valence-corrected chi connectivity index (χ4v) is 4.48. The maximum Gasteiger partial charge on any atom is 0.267 e. The molecule has 2 N–H and O–H groups in total. The van der Waals surface area contributed by atoms with Gasteiger partial charge in [-0.15, -0.1) is 0 Å². The van der Waals surface area contributed by atoms with Crippen molar-refractivity contribution in [1.29, 1.82) is 0 Å². The van der Waals surface area contributed by atoms with Gasteiger partial charge in [-0.3, -0.25) is 14.6 Å². The Bertz CT molecular complexity index is 1030. The molecule has 184 valence electrons. The molecule has 2 aliphatic rings. The summed E-state index contributed by atoms with van der Waals surface area (Å²) in [6.07, 6.45) is 2.25. The van der Waals surface area contributed by atoms with E-state index in [0.29, 0.717) is 16.5 Å². The number of hydrogen-bond acceptors (Lipinski definition) is 6. The summed E-state index contributed by atoms with van der Waals surface area (Å²) in [5, 5.41) is 6.64. The first-order valence-corrected chi connectivity index (χ1v) is 11.8. The third kappa shape index (κ3) is 5.98. The van der Waals surface area contributed by atoms with Crippen molar-refractivity contribution in [2.75, 3.05) is 70.9 Å². The Morgan fingerprint density at radius 1 is 1.21 bits per heavy atom. The number of rotatable bonds is 8. The second kappa shape index (κ2) is 10.6. The molecule has 1 aromatic carbocycles. The normalized spacial score (nSPS) is 18.3. The van der Waals surface area contributed by atoms with E-state index < -0.39 is 24.3 Å². The Labute approximate surface area is 198 Å². The van der Waals surface area contributed by atoms with Gasteiger partial charge in [0.1, 0.15) is 0 Å². The number of hydrogen-bond donors (Lipinski definition) is 2. The molecular weight excluding hydrogens is 442 g/mol. The number of likely N-dealkylation sites (tertiary alicyclic amines) is 1. The average molecular weight is 475 g/mol. The Morgan fingerprint density at radius 2 is 2.00 bits per heavy atom. The Hall–Kier alpha value is -2.85. The van der Waals surface area contributed by atoms with Crippen LogP contribution in [0.4, 0.5) is 14.5 Å². The molecule has 0 saturated carbocycles. The molecule has 0 unspecified atom stereocenters. The first kappa shape index (κ1) is 24.3. The summed E-state index contributed by atoms with van der Waals surface area (Å²) in [6, 6.07) is 7.41. The molecule has 8 nitrogen and oxygen atoms in total. The molecule has 0 bridgehead atoms. The molecule has 2 aromatic rings. The van der Waals surface area contributed by atoms with Gasteiger partial charge in [-0.2, -0.15) is 0 Å². The predicted octanol–water partition coefficient (Wildman–Crippen LogP) is 1.56. The number of amides is 2. The van der Waals surface area contributed by atoms with E-state index in [4.69, 9.17) is 0 Å². The van der Waals surface area contributed by atoms with Crippen LogP contribution >= 0.6 is 0 Å². The number of halogens is 2. The summed E-state index contributed by atoms with van der Waals surface area (Å²) in [5.74, 6) is -3.78. The van der Waals surface area contributed by atoms with Crippen molar-refractivity contribution in [1.82, 2.24) is 25.4 Å². The minimum absolute atomic E-state index is 0.00420. The molecule has 4 rings (SSSR count). The third-order valence-electron chi connectivity index (χ3n) is 6.51. The number of anilines is 1. The lowest BCUT2D eigenvalue weighted by molar-refractivity contribution is -0.130. The maximum atomic E-state index is 13.4. The highest BCUT2D eigenvalue weighted by Crippen LogP contribution is 2.27. The minimum Gasteiger partial charge on any atom is -0.375 e. The van der Waals surface area contributed by atoms with Gasteiger partial charge in [0, 0.05) is 70.0 Å². The number of piperazine rings is 1. The van der Waals surface area contributed by atoms with Gasteiger partial charge in [-0.05, 0) is 37.2 Å². The Balaban J connectivity index is 1.38. The van der Waals surface area contributed by atoms with Crippen LogP contribution in [0.1, 0.15) is 23.2 Å². The molecular formula is C24H32F2N6O2. The first-order valence-electron chi connectivity index (χ1n) is 11.8. The van der Waals surface area contributed by atoms with E-state index in [-0.39, 0.29) is 19.5 Å². The summed E-state index contributed by atoms with van der Waals surface area (Å²) in [5.41, 5.74) is 2.06. The van der Waals surface area contributed by atoms with E-state index in [9.17, 15) is 18.4 Å². The van der Waals surface area contributed by atoms with Gasteiger partial charge in [0.05, 0.1) is 24.2 Å². The van der Waals surface area contributed by atoms with E-state index >= 15 is 0 Å². The molecule has 2 fully saturated rings. The van der Waals surface area contributed by atoms with Crippen molar-refractivity contribution in [2.24, 2.45) is 0 Å². The second-order valence-electron chi connectivity index (χ2n) is 9.03. The Morgan fingerprint density at radius 3 is 2.74 bits per heavy atom. The second-order valence-corrected chi connectivity index (χ2v) is 9.03. The number of carbonyl (C=O) groups excluding carboxylic acids is 2.